The minimum absolute atomic E-state index is 0. The van der Waals surface area contributed by atoms with Crippen LogP contribution in [0.4, 0.5) is 0 Å². The van der Waals surface area contributed by atoms with E-state index in [9.17, 15) is 0 Å². The van der Waals surface area contributed by atoms with Crippen LogP contribution in [0.3, 0.4) is 0 Å². The van der Waals surface area contributed by atoms with Gasteiger partial charge in [-0.2, -0.15) is 0 Å². The largest absolute Gasteiger partial charge is 0.330 e. The molecule has 1 rings (SSSR count). The summed E-state index contributed by atoms with van der Waals surface area (Å²) in [6.45, 7) is 1.93. The van der Waals surface area contributed by atoms with E-state index >= 15 is 0 Å². The maximum atomic E-state index is 5.40. The Morgan fingerprint density at radius 1 is 1.27 bits per heavy atom. The molecule has 0 heterocycles. The quantitative estimate of drug-likeness (QED) is 0.609. The minimum Gasteiger partial charge on any atom is -0.330 e. The monoisotopic (exact) mass is 158 g/mol. The van der Waals surface area contributed by atoms with Crippen molar-refractivity contribution in [3.63, 3.8) is 0 Å². The van der Waals surface area contributed by atoms with Gasteiger partial charge >= 0.3 is 0 Å². The molecule has 1 aliphatic carbocycles. The summed E-state index contributed by atoms with van der Waals surface area (Å²) in [5.74, 6) is 0. The Morgan fingerprint density at radius 2 is 2.00 bits per heavy atom. The molecule has 0 amide bonds. The van der Waals surface area contributed by atoms with Gasteiger partial charge in [-0.05, 0) is 32.4 Å². The van der Waals surface area contributed by atoms with E-state index in [1.54, 1.807) is 0 Å². The van der Waals surface area contributed by atoms with Crippen molar-refractivity contribution >= 4 is 0 Å². The number of hydrogen-bond donors (Lipinski definition) is 2. The molecule has 1 fully saturated rings. The Hall–Kier alpha value is -0.0800. The predicted molar refractivity (Wildman–Crippen MR) is 50.7 cm³/mol. The van der Waals surface area contributed by atoms with Crippen LogP contribution in [-0.2, 0) is 0 Å². The van der Waals surface area contributed by atoms with Crippen LogP contribution in [0.1, 0.15) is 40.0 Å². The second-order valence-electron chi connectivity index (χ2n) is 3.43. The lowest BCUT2D eigenvalue weighted by Crippen LogP contribution is -2.32. The van der Waals surface area contributed by atoms with Crippen molar-refractivity contribution in [3.8, 4) is 0 Å². The van der Waals surface area contributed by atoms with Gasteiger partial charge in [-0.1, -0.05) is 19.3 Å². The third kappa shape index (κ3) is 3.73. The van der Waals surface area contributed by atoms with Gasteiger partial charge in [-0.15, -0.1) is 0 Å². The average Bonchev–Trinajstić information content (AvgIpc) is 2.07. The highest BCUT2D eigenvalue weighted by atomic mass is 14.9. The number of nitrogens with one attached hydrogen (secondary N) is 1. The topological polar surface area (TPSA) is 38.0 Å². The minimum atomic E-state index is 0. The zero-order valence-electron chi connectivity index (χ0n) is 7.31. The summed E-state index contributed by atoms with van der Waals surface area (Å²) in [4.78, 5) is 0. The predicted octanol–water partition coefficient (Wildman–Crippen LogP) is 1.50. The lowest BCUT2D eigenvalue weighted by molar-refractivity contribution is 0.373. The molecule has 1 saturated carbocycles. The van der Waals surface area contributed by atoms with Crippen molar-refractivity contribution in [2.24, 2.45) is 5.73 Å². The Kier molecular flexibility index (Phi) is 4.55. The van der Waals surface area contributed by atoms with Gasteiger partial charge in [0.1, 0.15) is 0 Å². The van der Waals surface area contributed by atoms with Crippen LogP contribution in [0.5, 0.6) is 0 Å². The van der Waals surface area contributed by atoms with Gasteiger partial charge in [-0.25, -0.2) is 0 Å². The molecule has 0 unspecified atom stereocenters. The van der Waals surface area contributed by atoms with Crippen molar-refractivity contribution in [1.82, 2.24) is 5.32 Å². The third-order valence-corrected chi connectivity index (χ3v) is 2.42. The second kappa shape index (κ2) is 5.56. The maximum Gasteiger partial charge on any atom is 0.00670 e. The molecule has 0 saturated heterocycles. The van der Waals surface area contributed by atoms with Crippen molar-refractivity contribution in [2.75, 3.05) is 13.1 Å². The van der Waals surface area contributed by atoms with E-state index < -0.39 is 0 Å². The van der Waals surface area contributed by atoms with E-state index in [2.05, 4.69) is 5.32 Å². The highest BCUT2D eigenvalue weighted by molar-refractivity contribution is 4.71. The van der Waals surface area contributed by atoms with Gasteiger partial charge in [0, 0.05) is 7.47 Å². The molecule has 0 aromatic rings. The molecular weight excluding hydrogens is 136 g/mol. The standard InChI is InChI=1S/C9H20N2.H2/c10-7-4-8-11-9-5-2-1-3-6-9;/h9,11H,1-8,10H2;1H. The fraction of sp³-hybridized carbons (Fsp3) is 1.00. The molecule has 68 valence electrons. The zero-order chi connectivity index (χ0) is 7.94. The average molecular weight is 158 g/mol. The first-order valence-electron chi connectivity index (χ1n) is 4.87. The molecule has 11 heavy (non-hydrogen) atoms. The second-order valence-corrected chi connectivity index (χ2v) is 3.43. The summed E-state index contributed by atoms with van der Waals surface area (Å²) in [5, 5.41) is 3.54. The van der Waals surface area contributed by atoms with Gasteiger partial charge in [0.2, 0.25) is 0 Å². The van der Waals surface area contributed by atoms with E-state index in [0.717, 1.165) is 25.6 Å². The fourth-order valence-electron chi connectivity index (χ4n) is 1.71. The first kappa shape index (κ1) is 9.01. The van der Waals surface area contributed by atoms with Crippen LogP contribution in [0.2, 0.25) is 0 Å². The molecule has 1 aliphatic rings. The maximum absolute atomic E-state index is 5.40. The molecule has 3 N–H and O–H groups in total. The molecule has 0 radical (unpaired) electrons. The lowest BCUT2D eigenvalue weighted by atomic mass is 9.95. The molecule has 0 bridgehead atoms. The van der Waals surface area contributed by atoms with E-state index in [0.29, 0.717) is 0 Å². The Labute approximate surface area is 71.0 Å². The van der Waals surface area contributed by atoms with Crippen LogP contribution in [0, 0.1) is 0 Å². The highest BCUT2D eigenvalue weighted by Crippen LogP contribution is 2.16. The fourth-order valence-corrected chi connectivity index (χ4v) is 1.71. The molecule has 0 aliphatic heterocycles. The van der Waals surface area contributed by atoms with Gasteiger partial charge in [0.05, 0.1) is 0 Å². The van der Waals surface area contributed by atoms with Gasteiger partial charge in [0.25, 0.3) is 0 Å². The first-order chi connectivity index (χ1) is 5.43. The summed E-state index contributed by atoms with van der Waals surface area (Å²) in [6, 6.07) is 0.801. The van der Waals surface area contributed by atoms with E-state index in [-0.39, 0.29) is 1.43 Å². The Morgan fingerprint density at radius 3 is 2.64 bits per heavy atom. The number of hydrogen-bond acceptors (Lipinski definition) is 2. The molecule has 0 aromatic carbocycles. The van der Waals surface area contributed by atoms with Crippen LogP contribution in [0.15, 0.2) is 0 Å². The van der Waals surface area contributed by atoms with Gasteiger partial charge in [-0.3, -0.25) is 0 Å². The molecule has 0 atom stereocenters. The van der Waals surface area contributed by atoms with E-state index in [1.165, 1.54) is 32.1 Å². The van der Waals surface area contributed by atoms with Crippen LogP contribution < -0.4 is 11.1 Å². The van der Waals surface area contributed by atoms with Crippen LogP contribution >= 0.6 is 0 Å². The SMILES string of the molecule is NCCCNC1CCCCC1.[HH]. The number of nitrogens with two attached hydrogens (primary N) is 1. The third-order valence-electron chi connectivity index (χ3n) is 2.42. The molecular formula is C9H22N2. The zero-order valence-corrected chi connectivity index (χ0v) is 7.31. The van der Waals surface area contributed by atoms with Crippen LogP contribution in [0.25, 0.3) is 0 Å². The normalized spacial score (nSPS) is 20.5. The van der Waals surface area contributed by atoms with Crippen molar-refractivity contribution in [1.29, 1.82) is 0 Å². The summed E-state index contributed by atoms with van der Waals surface area (Å²) in [7, 11) is 0. The summed E-state index contributed by atoms with van der Waals surface area (Å²) in [6.07, 6.45) is 8.15. The van der Waals surface area contributed by atoms with Gasteiger partial charge < -0.3 is 11.1 Å². The smallest absolute Gasteiger partial charge is 0.00670 e. The summed E-state index contributed by atoms with van der Waals surface area (Å²) >= 11 is 0. The summed E-state index contributed by atoms with van der Waals surface area (Å²) < 4.78 is 0. The molecule has 2 nitrogen and oxygen atoms in total. The molecule has 0 aromatic heterocycles. The van der Waals surface area contributed by atoms with Crippen molar-refractivity contribution in [2.45, 2.75) is 44.6 Å². The Bertz CT molecular complexity index is 92.5. The van der Waals surface area contributed by atoms with Crippen molar-refractivity contribution in [3.05, 3.63) is 0 Å². The molecule has 2 heteroatoms. The summed E-state index contributed by atoms with van der Waals surface area (Å²) in [5.41, 5.74) is 5.40. The number of rotatable bonds is 4. The first-order valence-corrected chi connectivity index (χ1v) is 4.87. The van der Waals surface area contributed by atoms with E-state index in [1.807, 2.05) is 0 Å². The van der Waals surface area contributed by atoms with E-state index in [4.69, 9.17) is 5.73 Å². The Balaban J connectivity index is 0.00000121. The van der Waals surface area contributed by atoms with Crippen LogP contribution in [-0.4, -0.2) is 19.1 Å². The lowest BCUT2D eigenvalue weighted by Gasteiger charge is -2.22. The highest BCUT2D eigenvalue weighted by Gasteiger charge is 2.11. The van der Waals surface area contributed by atoms with Crippen molar-refractivity contribution < 1.29 is 1.43 Å². The molecule has 0 spiro atoms. The van der Waals surface area contributed by atoms with Gasteiger partial charge in [0.15, 0.2) is 0 Å².